The van der Waals surface area contributed by atoms with E-state index >= 15 is 0 Å². The predicted octanol–water partition coefficient (Wildman–Crippen LogP) is 0.0477. The molecule has 1 aromatic heterocycles. The van der Waals surface area contributed by atoms with Crippen molar-refractivity contribution in [3.63, 3.8) is 0 Å². The lowest BCUT2D eigenvalue weighted by molar-refractivity contribution is -0.128. The van der Waals surface area contributed by atoms with Gasteiger partial charge in [-0.3, -0.25) is 9.78 Å². The molecule has 2 rings (SSSR count). The fourth-order valence-electron chi connectivity index (χ4n) is 0.949. The Kier molecular flexibility index (Phi) is 1.25. The van der Waals surface area contributed by atoms with Gasteiger partial charge in [-0.1, -0.05) is 0 Å². The van der Waals surface area contributed by atoms with E-state index < -0.39 is 0 Å². The van der Waals surface area contributed by atoms with Gasteiger partial charge in [0.25, 0.3) is 5.91 Å². The molecule has 0 atom stereocenters. The van der Waals surface area contributed by atoms with Crippen LogP contribution >= 0.6 is 0 Å². The zero-order valence-electron chi connectivity index (χ0n) is 5.70. The normalized spacial score (nSPS) is 14.7. The molecule has 0 saturated heterocycles. The van der Waals surface area contributed by atoms with Gasteiger partial charge in [0.05, 0.1) is 12.1 Å². The summed E-state index contributed by atoms with van der Waals surface area (Å²) in [5.41, 5.74) is 2.95. The van der Waals surface area contributed by atoms with Crippen molar-refractivity contribution in [3.8, 4) is 5.75 Å². The van der Waals surface area contributed by atoms with E-state index in [-0.39, 0.29) is 5.91 Å². The van der Waals surface area contributed by atoms with Gasteiger partial charge >= 0.3 is 0 Å². The van der Waals surface area contributed by atoms with Crippen LogP contribution in [-0.4, -0.2) is 10.9 Å². The number of hydrogen-bond donors (Lipinski definition) is 1. The molecule has 0 saturated carbocycles. The lowest BCUT2D eigenvalue weighted by atomic mass is 10.2. The van der Waals surface area contributed by atoms with Crippen molar-refractivity contribution < 1.29 is 9.63 Å². The molecule has 4 nitrogen and oxygen atoms in total. The number of carbonyl (C=O) groups excluding carboxylic acids is 1. The standard InChI is InChI=1S/C7H6N2O2/c10-7-4-5-6(11-9-7)2-1-3-8-5/h1-3H,4H2,(H,9,10). The Morgan fingerprint density at radius 3 is 3.45 bits per heavy atom. The first-order chi connectivity index (χ1) is 5.36. The zero-order chi connectivity index (χ0) is 7.68. The summed E-state index contributed by atoms with van der Waals surface area (Å²) in [4.78, 5) is 19.6. The smallest absolute Gasteiger partial charge is 0.258 e. The highest BCUT2D eigenvalue weighted by Gasteiger charge is 2.16. The third kappa shape index (κ3) is 1.02. The van der Waals surface area contributed by atoms with Crippen LogP contribution in [0.5, 0.6) is 5.75 Å². The Balaban J connectivity index is 2.41. The van der Waals surface area contributed by atoms with E-state index in [9.17, 15) is 4.79 Å². The van der Waals surface area contributed by atoms with Gasteiger partial charge in [-0.15, -0.1) is 0 Å². The number of pyridine rings is 1. The minimum absolute atomic E-state index is 0.156. The van der Waals surface area contributed by atoms with Crippen LogP contribution < -0.4 is 10.3 Å². The molecule has 0 aromatic carbocycles. The van der Waals surface area contributed by atoms with E-state index in [4.69, 9.17) is 4.84 Å². The number of fused-ring (bicyclic) bond motifs is 1. The number of nitrogens with zero attached hydrogens (tertiary/aromatic N) is 1. The molecule has 0 fully saturated rings. The van der Waals surface area contributed by atoms with Gasteiger partial charge in [0.15, 0.2) is 5.75 Å². The fraction of sp³-hybridized carbons (Fsp3) is 0.143. The highest BCUT2D eigenvalue weighted by molar-refractivity contribution is 5.79. The van der Waals surface area contributed by atoms with Crippen molar-refractivity contribution in [3.05, 3.63) is 24.0 Å². The minimum atomic E-state index is -0.156. The monoisotopic (exact) mass is 150 g/mol. The summed E-state index contributed by atoms with van der Waals surface area (Å²) in [5, 5.41) is 0. The van der Waals surface area contributed by atoms with Gasteiger partial charge in [0.2, 0.25) is 0 Å². The highest BCUT2D eigenvalue weighted by Crippen LogP contribution is 2.17. The summed E-state index contributed by atoms with van der Waals surface area (Å²) < 4.78 is 0. The summed E-state index contributed by atoms with van der Waals surface area (Å²) in [6.07, 6.45) is 1.94. The molecular weight excluding hydrogens is 144 g/mol. The second-order valence-electron chi connectivity index (χ2n) is 2.25. The molecule has 1 aliphatic rings. The quantitative estimate of drug-likeness (QED) is 0.568. The average Bonchev–Trinajstić information content (AvgIpc) is 2.04. The third-order valence-corrected chi connectivity index (χ3v) is 1.45. The van der Waals surface area contributed by atoms with E-state index in [2.05, 4.69) is 10.5 Å². The third-order valence-electron chi connectivity index (χ3n) is 1.45. The van der Waals surface area contributed by atoms with Gasteiger partial charge in [-0.2, -0.15) is 5.48 Å². The van der Waals surface area contributed by atoms with E-state index in [1.165, 1.54) is 0 Å². The molecule has 1 amide bonds. The van der Waals surface area contributed by atoms with Gasteiger partial charge in [0.1, 0.15) is 0 Å². The van der Waals surface area contributed by atoms with Crippen LogP contribution in [0.15, 0.2) is 18.3 Å². The van der Waals surface area contributed by atoms with Crippen molar-refractivity contribution in [2.75, 3.05) is 0 Å². The molecule has 4 heteroatoms. The van der Waals surface area contributed by atoms with Crippen LogP contribution in [0.3, 0.4) is 0 Å². The molecule has 56 valence electrons. The van der Waals surface area contributed by atoms with Crippen LogP contribution in [0, 0.1) is 0 Å². The summed E-state index contributed by atoms with van der Waals surface area (Å²) in [5.74, 6) is 0.475. The Morgan fingerprint density at radius 1 is 1.64 bits per heavy atom. The number of hydrogen-bond acceptors (Lipinski definition) is 3. The largest absolute Gasteiger partial charge is 0.378 e. The van der Waals surface area contributed by atoms with Crippen molar-refractivity contribution in [1.29, 1.82) is 0 Å². The molecule has 2 heterocycles. The number of nitrogens with one attached hydrogen (secondary N) is 1. The molecule has 1 aromatic rings. The predicted molar refractivity (Wildman–Crippen MR) is 36.7 cm³/mol. The summed E-state index contributed by atoms with van der Waals surface area (Å²) in [7, 11) is 0. The molecular formula is C7H6N2O2. The van der Waals surface area contributed by atoms with Crippen molar-refractivity contribution in [2.24, 2.45) is 0 Å². The number of aromatic nitrogens is 1. The van der Waals surface area contributed by atoms with Crippen LogP contribution in [0.1, 0.15) is 5.69 Å². The first kappa shape index (κ1) is 6.15. The molecule has 0 unspecified atom stereocenters. The molecule has 0 spiro atoms. The second-order valence-corrected chi connectivity index (χ2v) is 2.25. The van der Waals surface area contributed by atoms with Gasteiger partial charge in [0, 0.05) is 6.20 Å². The molecule has 0 radical (unpaired) electrons. The van der Waals surface area contributed by atoms with Crippen molar-refractivity contribution >= 4 is 5.91 Å². The second kappa shape index (κ2) is 2.23. The van der Waals surface area contributed by atoms with Gasteiger partial charge in [-0.25, -0.2) is 0 Å². The Hall–Kier alpha value is -1.58. The topological polar surface area (TPSA) is 51.2 Å². The number of carbonyl (C=O) groups is 1. The van der Waals surface area contributed by atoms with Gasteiger partial charge in [-0.05, 0) is 12.1 Å². The number of amides is 1. The van der Waals surface area contributed by atoms with Crippen molar-refractivity contribution in [1.82, 2.24) is 10.5 Å². The first-order valence-corrected chi connectivity index (χ1v) is 3.26. The number of rotatable bonds is 0. The Bertz CT molecular complexity index is 298. The number of hydroxylamine groups is 1. The Morgan fingerprint density at radius 2 is 2.55 bits per heavy atom. The lowest BCUT2D eigenvalue weighted by Crippen LogP contribution is -2.33. The molecule has 0 bridgehead atoms. The SMILES string of the molecule is O=C1Cc2ncccc2ON1. The first-order valence-electron chi connectivity index (χ1n) is 3.26. The van der Waals surface area contributed by atoms with E-state index in [1.54, 1.807) is 18.3 Å². The fourth-order valence-corrected chi connectivity index (χ4v) is 0.949. The van der Waals surface area contributed by atoms with Crippen LogP contribution in [0.25, 0.3) is 0 Å². The maximum atomic E-state index is 10.7. The Labute approximate surface area is 63.2 Å². The summed E-state index contributed by atoms with van der Waals surface area (Å²) in [6.45, 7) is 0. The molecule has 1 aliphatic heterocycles. The summed E-state index contributed by atoms with van der Waals surface area (Å²) >= 11 is 0. The maximum Gasteiger partial charge on any atom is 0.258 e. The van der Waals surface area contributed by atoms with Crippen molar-refractivity contribution in [2.45, 2.75) is 6.42 Å². The molecule has 1 N–H and O–H groups in total. The van der Waals surface area contributed by atoms with Crippen LogP contribution in [-0.2, 0) is 11.2 Å². The van der Waals surface area contributed by atoms with E-state index in [1.807, 2.05) is 0 Å². The maximum absolute atomic E-state index is 10.7. The average molecular weight is 150 g/mol. The highest BCUT2D eigenvalue weighted by atomic mass is 16.7. The molecule has 11 heavy (non-hydrogen) atoms. The van der Waals surface area contributed by atoms with E-state index in [0.717, 1.165) is 0 Å². The molecule has 0 aliphatic carbocycles. The van der Waals surface area contributed by atoms with Gasteiger partial charge < -0.3 is 4.84 Å². The summed E-state index contributed by atoms with van der Waals surface area (Å²) in [6, 6.07) is 3.53. The zero-order valence-corrected chi connectivity index (χ0v) is 5.70. The minimum Gasteiger partial charge on any atom is -0.378 e. The van der Waals surface area contributed by atoms with Crippen LogP contribution in [0.4, 0.5) is 0 Å². The van der Waals surface area contributed by atoms with Crippen LogP contribution in [0.2, 0.25) is 0 Å². The van der Waals surface area contributed by atoms with E-state index in [0.29, 0.717) is 17.9 Å². The lowest BCUT2D eigenvalue weighted by Gasteiger charge is -2.14.